The Morgan fingerprint density at radius 1 is 1.32 bits per heavy atom. The number of rotatable bonds is 6. The number of amides is 1. The number of ether oxygens (including phenoxy) is 2. The van der Waals surface area contributed by atoms with Gasteiger partial charge in [-0.2, -0.15) is 4.98 Å². The van der Waals surface area contributed by atoms with Crippen molar-refractivity contribution in [1.82, 2.24) is 4.98 Å². The first-order chi connectivity index (χ1) is 10.6. The summed E-state index contributed by atoms with van der Waals surface area (Å²) in [5.74, 6) is -0.601. The van der Waals surface area contributed by atoms with E-state index in [4.69, 9.17) is 25.5 Å². The van der Waals surface area contributed by atoms with Crippen molar-refractivity contribution in [3.63, 3.8) is 0 Å². The standard InChI is InChI=1S/C14H13ClN2O5/c1-2-20-13(19)11-7-22-14(16-11)17-12(18)8-21-10-5-3-9(15)4-6-10/h3-7H,2,8H2,1H3,(H,16,17,18). The van der Waals surface area contributed by atoms with Gasteiger partial charge in [0.05, 0.1) is 6.61 Å². The van der Waals surface area contributed by atoms with Crippen molar-refractivity contribution in [3.8, 4) is 5.75 Å². The van der Waals surface area contributed by atoms with Gasteiger partial charge in [0.25, 0.3) is 5.91 Å². The number of benzene rings is 1. The van der Waals surface area contributed by atoms with Gasteiger partial charge in [-0.15, -0.1) is 0 Å². The number of nitrogens with zero attached hydrogens (tertiary/aromatic N) is 1. The van der Waals surface area contributed by atoms with Crippen molar-refractivity contribution < 1.29 is 23.5 Å². The maximum Gasteiger partial charge on any atom is 0.360 e. The molecule has 0 bridgehead atoms. The van der Waals surface area contributed by atoms with Gasteiger partial charge in [-0.3, -0.25) is 10.1 Å². The van der Waals surface area contributed by atoms with Crippen molar-refractivity contribution in [2.24, 2.45) is 0 Å². The van der Waals surface area contributed by atoms with Crippen LogP contribution in [0, 0.1) is 0 Å². The number of oxazole rings is 1. The number of aromatic nitrogens is 1. The third-order valence-corrected chi connectivity index (χ3v) is 2.67. The normalized spacial score (nSPS) is 10.1. The molecular formula is C14H13ClN2O5. The predicted octanol–water partition coefficient (Wildman–Crippen LogP) is 2.52. The Hall–Kier alpha value is -2.54. The average Bonchev–Trinajstić information content (AvgIpc) is 2.95. The number of carbonyl (C=O) groups excluding carboxylic acids is 2. The molecule has 1 amide bonds. The Labute approximate surface area is 131 Å². The molecule has 22 heavy (non-hydrogen) atoms. The lowest BCUT2D eigenvalue weighted by molar-refractivity contribution is -0.118. The lowest BCUT2D eigenvalue weighted by Gasteiger charge is -2.05. The maximum atomic E-state index is 11.7. The topological polar surface area (TPSA) is 90.7 Å². The molecule has 0 spiro atoms. The highest BCUT2D eigenvalue weighted by atomic mass is 35.5. The van der Waals surface area contributed by atoms with Gasteiger partial charge in [-0.25, -0.2) is 4.79 Å². The van der Waals surface area contributed by atoms with E-state index in [1.54, 1.807) is 31.2 Å². The van der Waals surface area contributed by atoms with E-state index in [-0.39, 0.29) is 24.9 Å². The van der Waals surface area contributed by atoms with Gasteiger partial charge in [0.1, 0.15) is 12.0 Å². The van der Waals surface area contributed by atoms with Crippen LogP contribution >= 0.6 is 11.6 Å². The smallest absolute Gasteiger partial charge is 0.360 e. The van der Waals surface area contributed by atoms with E-state index >= 15 is 0 Å². The molecule has 116 valence electrons. The molecule has 1 aromatic heterocycles. The molecule has 2 rings (SSSR count). The Balaban J connectivity index is 1.84. The fraction of sp³-hybridized carbons (Fsp3) is 0.214. The minimum Gasteiger partial charge on any atom is -0.484 e. The summed E-state index contributed by atoms with van der Waals surface area (Å²) in [5.41, 5.74) is -0.0178. The van der Waals surface area contributed by atoms with Crippen LogP contribution in [0.15, 0.2) is 34.9 Å². The Morgan fingerprint density at radius 2 is 2.05 bits per heavy atom. The zero-order valence-corrected chi connectivity index (χ0v) is 12.4. The summed E-state index contributed by atoms with van der Waals surface area (Å²) in [5, 5.41) is 2.94. The number of halogens is 1. The third kappa shape index (κ3) is 4.49. The second kappa shape index (κ2) is 7.46. The number of carbonyl (C=O) groups is 2. The molecule has 0 saturated carbocycles. The molecule has 0 unspecified atom stereocenters. The molecule has 1 N–H and O–H groups in total. The lowest BCUT2D eigenvalue weighted by atomic mass is 10.3. The van der Waals surface area contributed by atoms with Crippen LogP contribution in [0.25, 0.3) is 0 Å². The van der Waals surface area contributed by atoms with E-state index in [9.17, 15) is 9.59 Å². The Morgan fingerprint density at radius 3 is 2.73 bits per heavy atom. The van der Waals surface area contributed by atoms with Crippen LogP contribution in [0.4, 0.5) is 6.01 Å². The molecule has 0 fully saturated rings. The summed E-state index contributed by atoms with van der Waals surface area (Å²) in [7, 11) is 0. The average molecular weight is 325 g/mol. The molecule has 7 nitrogen and oxygen atoms in total. The Bertz CT molecular complexity index is 654. The number of nitrogens with one attached hydrogen (secondary N) is 1. The molecule has 1 heterocycles. The summed E-state index contributed by atoms with van der Waals surface area (Å²) in [6.07, 6.45) is 1.10. The van der Waals surface area contributed by atoms with E-state index < -0.39 is 11.9 Å². The first-order valence-corrected chi connectivity index (χ1v) is 6.77. The fourth-order valence-electron chi connectivity index (χ4n) is 1.46. The van der Waals surface area contributed by atoms with Gasteiger partial charge in [0.15, 0.2) is 12.3 Å². The van der Waals surface area contributed by atoms with Gasteiger partial charge in [-0.1, -0.05) is 11.6 Å². The van der Waals surface area contributed by atoms with E-state index in [0.717, 1.165) is 6.26 Å². The third-order valence-electron chi connectivity index (χ3n) is 2.42. The Kier molecular flexibility index (Phi) is 5.37. The van der Waals surface area contributed by atoms with Crippen LogP contribution in [-0.2, 0) is 9.53 Å². The van der Waals surface area contributed by atoms with Crippen molar-refractivity contribution in [2.75, 3.05) is 18.5 Å². The molecule has 0 radical (unpaired) electrons. The van der Waals surface area contributed by atoms with Crippen LogP contribution in [-0.4, -0.2) is 30.1 Å². The van der Waals surface area contributed by atoms with Crippen molar-refractivity contribution in [3.05, 3.63) is 41.2 Å². The zero-order chi connectivity index (χ0) is 15.9. The molecule has 0 atom stereocenters. The molecule has 0 saturated heterocycles. The SMILES string of the molecule is CCOC(=O)c1coc(NC(=O)COc2ccc(Cl)cc2)n1. The van der Waals surface area contributed by atoms with Gasteiger partial charge < -0.3 is 13.9 Å². The van der Waals surface area contributed by atoms with E-state index in [2.05, 4.69) is 10.3 Å². The van der Waals surface area contributed by atoms with Gasteiger partial charge in [0, 0.05) is 5.02 Å². The largest absolute Gasteiger partial charge is 0.484 e. The zero-order valence-electron chi connectivity index (χ0n) is 11.7. The van der Waals surface area contributed by atoms with Gasteiger partial charge in [-0.05, 0) is 31.2 Å². The highest BCUT2D eigenvalue weighted by molar-refractivity contribution is 6.30. The number of anilines is 1. The molecule has 0 aliphatic heterocycles. The molecule has 8 heteroatoms. The van der Waals surface area contributed by atoms with Crippen LogP contribution in [0.1, 0.15) is 17.4 Å². The molecule has 1 aromatic carbocycles. The second-order valence-electron chi connectivity index (χ2n) is 4.05. The molecule has 2 aromatic rings. The molecule has 0 aliphatic carbocycles. The highest BCUT2D eigenvalue weighted by Crippen LogP contribution is 2.15. The van der Waals surface area contributed by atoms with E-state index in [1.807, 2.05) is 0 Å². The number of hydrogen-bond acceptors (Lipinski definition) is 6. The molecule has 0 aliphatic rings. The fourth-order valence-corrected chi connectivity index (χ4v) is 1.59. The van der Waals surface area contributed by atoms with Gasteiger partial charge >= 0.3 is 12.0 Å². The van der Waals surface area contributed by atoms with E-state index in [1.165, 1.54) is 0 Å². The highest BCUT2D eigenvalue weighted by Gasteiger charge is 2.14. The van der Waals surface area contributed by atoms with Crippen LogP contribution in [0.5, 0.6) is 5.75 Å². The number of hydrogen-bond donors (Lipinski definition) is 1. The summed E-state index contributed by atoms with van der Waals surface area (Å²) in [6, 6.07) is 6.47. The monoisotopic (exact) mass is 324 g/mol. The van der Waals surface area contributed by atoms with E-state index in [0.29, 0.717) is 10.8 Å². The summed E-state index contributed by atoms with van der Waals surface area (Å²) in [4.78, 5) is 26.9. The maximum absolute atomic E-state index is 11.7. The number of esters is 1. The van der Waals surface area contributed by atoms with Crippen LogP contribution in [0.2, 0.25) is 5.02 Å². The summed E-state index contributed by atoms with van der Waals surface area (Å²) in [6.45, 7) is 1.66. The summed E-state index contributed by atoms with van der Waals surface area (Å²) < 4.78 is 15.0. The summed E-state index contributed by atoms with van der Waals surface area (Å²) >= 11 is 5.74. The van der Waals surface area contributed by atoms with Crippen molar-refractivity contribution in [2.45, 2.75) is 6.92 Å². The predicted molar refractivity (Wildman–Crippen MR) is 78.0 cm³/mol. The van der Waals surface area contributed by atoms with Crippen LogP contribution < -0.4 is 10.1 Å². The minimum absolute atomic E-state index is 0.0178. The molecular weight excluding hydrogens is 312 g/mol. The first-order valence-electron chi connectivity index (χ1n) is 6.39. The second-order valence-corrected chi connectivity index (χ2v) is 4.49. The minimum atomic E-state index is -0.621. The van der Waals surface area contributed by atoms with Crippen molar-refractivity contribution >= 4 is 29.5 Å². The van der Waals surface area contributed by atoms with Crippen molar-refractivity contribution in [1.29, 1.82) is 0 Å². The lowest BCUT2D eigenvalue weighted by Crippen LogP contribution is -2.20. The first kappa shape index (κ1) is 15.8. The van der Waals surface area contributed by atoms with Gasteiger partial charge in [0.2, 0.25) is 0 Å². The van der Waals surface area contributed by atoms with Crippen LogP contribution in [0.3, 0.4) is 0 Å². The quantitative estimate of drug-likeness (QED) is 0.821.